The van der Waals surface area contributed by atoms with Crippen molar-refractivity contribution in [1.82, 2.24) is 5.32 Å². The van der Waals surface area contributed by atoms with Gasteiger partial charge in [-0.25, -0.2) is 0 Å². The quantitative estimate of drug-likeness (QED) is 0.0421. The molecular weight excluding hydrogens is 783 g/mol. The Morgan fingerprint density at radius 2 is 0.703 bits per heavy atom. The highest BCUT2D eigenvalue weighted by atomic mass is 16.3. The maximum absolute atomic E-state index is 12.5. The number of hydrogen-bond donors (Lipinski definition) is 3. The van der Waals surface area contributed by atoms with Crippen LogP contribution in [0.15, 0.2) is 109 Å². The summed E-state index contributed by atoms with van der Waals surface area (Å²) in [5.41, 5.74) is 0. The summed E-state index contributed by atoms with van der Waals surface area (Å²) in [5, 5.41) is 23.1. The zero-order valence-corrected chi connectivity index (χ0v) is 42.0. The Morgan fingerprint density at radius 3 is 1.09 bits per heavy atom. The van der Waals surface area contributed by atoms with Crippen molar-refractivity contribution in [2.24, 2.45) is 0 Å². The maximum atomic E-state index is 12.5. The molecule has 0 aliphatic heterocycles. The predicted octanol–water partition coefficient (Wildman–Crippen LogP) is 17.9. The fourth-order valence-electron chi connectivity index (χ4n) is 7.65. The van der Waals surface area contributed by atoms with E-state index in [2.05, 4.69) is 116 Å². The van der Waals surface area contributed by atoms with Gasteiger partial charge in [0.25, 0.3) is 0 Å². The molecule has 3 N–H and O–H groups in total. The van der Waals surface area contributed by atoms with Crippen LogP contribution in [0.2, 0.25) is 0 Å². The second-order valence-corrected chi connectivity index (χ2v) is 17.9. The molecule has 0 aliphatic rings. The number of amides is 1. The fourth-order valence-corrected chi connectivity index (χ4v) is 7.65. The van der Waals surface area contributed by atoms with Gasteiger partial charge in [-0.1, -0.05) is 258 Å². The molecule has 0 rings (SSSR count). The van der Waals surface area contributed by atoms with Crippen molar-refractivity contribution in [3.8, 4) is 0 Å². The molecule has 0 bridgehead atoms. The van der Waals surface area contributed by atoms with Crippen LogP contribution in [-0.2, 0) is 4.79 Å². The SMILES string of the molecule is CC/C=C\C/C=C\C/C=C\C/C=C\C/C=C\C/C=C\C/C=C\CCCCCCCCCCCCCCCC(=O)NC(CO)C(O)/C=C/CC/C=C/CCCCCCCCCCCCC. The van der Waals surface area contributed by atoms with Crippen LogP contribution in [0.5, 0.6) is 0 Å². The molecule has 0 saturated heterocycles. The van der Waals surface area contributed by atoms with E-state index in [1.807, 2.05) is 6.08 Å². The van der Waals surface area contributed by atoms with E-state index in [-0.39, 0.29) is 12.5 Å². The van der Waals surface area contributed by atoms with Gasteiger partial charge in [0.15, 0.2) is 0 Å². The molecule has 0 aromatic heterocycles. The Labute approximate surface area is 397 Å². The molecule has 0 aromatic carbocycles. The van der Waals surface area contributed by atoms with Gasteiger partial charge in [-0.15, -0.1) is 0 Å². The molecule has 64 heavy (non-hydrogen) atoms. The minimum atomic E-state index is -0.868. The lowest BCUT2D eigenvalue weighted by Crippen LogP contribution is -2.45. The molecule has 0 aromatic rings. The van der Waals surface area contributed by atoms with E-state index in [0.717, 1.165) is 77.0 Å². The van der Waals surface area contributed by atoms with Crippen LogP contribution < -0.4 is 5.32 Å². The van der Waals surface area contributed by atoms with Crippen LogP contribution in [0.4, 0.5) is 0 Å². The van der Waals surface area contributed by atoms with Crippen LogP contribution in [-0.4, -0.2) is 34.9 Å². The summed E-state index contributed by atoms with van der Waals surface area (Å²) in [6.07, 6.45) is 82.3. The average Bonchev–Trinajstić information content (AvgIpc) is 3.30. The average molecular weight is 886 g/mol. The minimum Gasteiger partial charge on any atom is -0.394 e. The Kier molecular flexibility index (Phi) is 51.9. The zero-order chi connectivity index (χ0) is 46.3. The molecular formula is C60H103NO3. The molecule has 0 fully saturated rings. The standard InChI is InChI=1S/C60H103NO3/c1-3-5-7-9-11-13-15-17-19-21-22-23-24-25-26-27-28-29-30-31-32-33-34-35-36-37-38-40-42-44-46-48-50-52-54-56-60(64)61-58(57-62)59(63)55-53-51-49-47-45-43-41-39-20-18-16-14-12-10-8-6-4-2/h5,7,11,13,17,19,22-23,25-26,28-29,31-32,45,47,53,55,58-59,62-63H,3-4,6,8-10,12,14-16,18,20-21,24,27,30,33-44,46,48-52,54,56-57H2,1-2H3,(H,61,64)/b7-5-,13-11-,19-17-,23-22-,26-25-,29-28-,32-31-,47-45+,55-53+. The van der Waals surface area contributed by atoms with Gasteiger partial charge in [0.1, 0.15) is 0 Å². The van der Waals surface area contributed by atoms with Crippen molar-refractivity contribution >= 4 is 5.91 Å². The third kappa shape index (κ3) is 50.1. The summed E-state index contributed by atoms with van der Waals surface area (Å²) in [6, 6.07) is -0.646. The van der Waals surface area contributed by atoms with Crippen LogP contribution in [0.3, 0.4) is 0 Å². The molecule has 0 aliphatic carbocycles. The lowest BCUT2D eigenvalue weighted by Gasteiger charge is -2.19. The molecule has 0 radical (unpaired) electrons. The summed E-state index contributed by atoms with van der Waals surface area (Å²) < 4.78 is 0. The van der Waals surface area contributed by atoms with Gasteiger partial charge in [-0.05, 0) is 89.9 Å². The monoisotopic (exact) mass is 886 g/mol. The van der Waals surface area contributed by atoms with Gasteiger partial charge in [-0.2, -0.15) is 0 Å². The first kappa shape index (κ1) is 61.0. The second-order valence-electron chi connectivity index (χ2n) is 17.9. The summed E-state index contributed by atoms with van der Waals surface area (Å²) in [6.45, 7) is 4.18. The van der Waals surface area contributed by atoms with Crippen molar-refractivity contribution in [3.05, 3.63) is 109 Å². The number of hydrogen-bond acceptors (Lipinski definition) is 3. The van der Waals surface area contributed by atoms with E-state index in [1.54, 1.807) is 6.08 Å². The Morgan fingerprint density at radius 1 is 0.391 bits per heavy atom. The van der Waals surface area contributed by atoms with Crippen molar-refractivity contribution < 1.29 is 15.0 Å². The van der Waals surface area contributed by atoms with Crippen LogP contribution in [0.1, 0.15) is 245 Å². The van der Waals surface area contributed by atoms with Crippen molar-refractivity contribution in [1.29, 1.82) is 0 Å². The smallest absolute Gasteiger partial charge is 0.220 e. The molecule has 4 heteroatoms. The van der Waals surface area contributed by atoms with Crippen molar-refractivity contribution in [3.63, 3.8) is 0 Å². The van der Waals surface area contributed by atoms with Crippen LogP contribution >= 0.6 is 0 Å². The molecule has 0 heterocycles. The first-order valence-electron chi connectivity index (χ1n) is 27.1. The fraction of sp³-hybridized carbons (Fsp3) is 0.683. The number of unbranched alkanes of at least 4 members (excludes halogenated alkanes) is 25. The second kappa shape index (κ2) is 54.4. The lowest BCUT2D eigenvalue weighted by atomic mass is 10.0. The third-order valence-electron chi connectivity index (χ3n) is 11.7. The summed E-state index contributed by atoms with van der Waals surface area (Å²) in [4.78, 5) is 12.5. The number of aliphatic hydroxyl groups excluding tert-OH is 2. The predicted molar refractivity (Wildman–Crippen MR) is 285 cm³/mol. The molecule has 0 spiro atoms. The third-order valence-corrected chi connectivity index (χ3v) is 11.7. The first-order chi connectivity index (χ1) is 31.7. The molecule has 4 nitrogen and oxygen atoms in total. The number of carbonyl (C=O) groups is 1. The van der Waals surface area contributed by atoms with Crippen molar-refractivity contribution in [2.45, 2.75) is 257 Å². The summed E-state index contributed by atoms with van der Waals surface area (Å²) in [7, 11) is 0. The van der Waals surface area contributed by atoms with E-state index >= 15 is 0 Å². The lowest BCUT2D eigenvalue weighted by molar-refractivity contribution is -0.123. The van der Waals surface area contributed by atoms with E-state index in [0.29, 0.717) is 6.42 Å². The van der Waals surface area contributed by atoms with Gasteiger partial charge < -0.3 is 15.5 Å². The van der Waals surface area contributed by atoms with E-state index in [9.17, 15) is 15.0 Å². The van der Waals surface area contributed by atoms with E-state index < -0.39 is 12.1 Å². The van der Waals surface area contributed by atoms with Gasteiger partial charge in [0, 0.05) is 6.42 Å². The van der Waals surface area contributed by atoms with Gasteiger partial charge in [-0.3, -0.25) is 4.79 Å². The molecule has 366 valence electrons. The van der Waals surface area contributed by atoms with Crippen molar-refractivity contribution in [2.75, 3.05) is 6.61 Å². The number of nitrogens with one attached hydrogen (secondary N) is 1. The Hall–Kier alpha value is -2.95. The number of carbonyl (C=O) groups excluding carboxylic acids is 1. The molecule has 2 unspecified atom stereocenters. The number of rotatable bonds is 48. The normalized spacial score (nSPS) is 13.8. The maximum Gasteiger partial charge on any atom is 0.220 e. The highest BCUT2D eigenvalue weighted by Gasteiger charge is 2.17. The zero-order valence-electron chi connectivity index (χ0n) is 42.0. The van der Waals surface area contributed by atoms with Gasteiger partial charge in [0.05, 0.1) is 18.8 Å². The Bertz CT molecular complexity index is 1230. The largest absolute Gasteiger partial charge is 0.394 e. The first-order valence-corrected chi connectivity index (χ1v) is 27.1. The molecule has 1 amide bonds. The Balaban J connectivity index is 3.58. The van der Waals surface area contributed by atoms with E-state index in [1.165, 1.54) is 148 Å². The van der Waals surface area contributed by atoms with Gasteiger partial charge in [0.2, 0.25) is 5.91 Å². The number of aliphatic hydroxyl groups is 2. The molecule has 0 saturated carbocycles. The topological polar surface area (TPSA) is 69.6 Å². The summed E-state index contributed by atoms with van der Waals surface area (Å²) in [5.74, 6) is -0.0786. The minimum absolute atomic E-state index is 0.0786. The highest BCUT2D eigenvalue weighted by Crippen LogP contribution is 2.15. The van der Waals surface area contributed by atoms with Crippen LogP contribution in [0.25, 0.3) is 0 Å². The number of allylic oxidation sites excluding steroid dienone is 17. The molecule has 2 atom stereocenters. The van der Waals surface area contributed by atoms with Crippen LogP contribution in [0, 0.1) is 0 Å². The van der Waals surface area contributed by atoms with E-state index in [4.69, 9.17) is 0 Å². The van der Waals surface area contributed by atoms with Gasteiger partial charge >= 0.3 is 0 Å². The highest BCUT2D eigenvalue weighted by molar-refractivity contribution is 5.76. The summed E-state index contributed by atoms with van der Waals surface area (Å²) >= 11 is 0.